The van der Waals surface area contributed by atoms with E-state index in [4.69, 9.17) is 4.42 Å². The Hall–Kier alpha value is -3.23. The van der Waals surface area contributed by atoms with Crippen molar-refractivity contribution >= 4 is 11.2 Å². The van der Waals surface area contributed by atoms with E-state index in [1.165, 1.54) is 17.3 Å². The van der Waals surface area contributed by atoms with Crippen molar-refractivity contribution in [2.24, 2.45) is 0 Å². The molecule has 0 saturated carbocycles. The second kappa shape index (κ2) is 5.44. The van der Waals surface area contributed by atoms with E-state index in [0.29, 0.717) is 28.7 Å². The van der Waals surface area contributed by atoms with Crippen LogP contribution in [0.5, 0.6) is 0 Å². The third-order valence-electron chi connectivity index (χ3n) is 3.44. The molecule has 0 atom stereocenters. The van der Waals surface area contributed by atoms with Crippen LogP contribution in [0.3, 0.4) is 0 Å². The van der Waals surface area contributed by atoms with Crippen molar-refractivity contribution in [3.8, 4) is 11.5 Å². The fourth-order valence-electron chi connectivity index (χ4n) is 2.38. The highest BCUT2D eigenvalue weighted by atomic mass is 19.2. The van der Waals surface area contributed by atoms with Crippen molar-refractivity contribution in [2.75, 3.05) is 0 Å². The van der Waals surface area contributed by atoms with Gasteiger partial charge in [0.2, 0.25) is 0 Å². The van der Waals surface area contributed by atoms with Crippen LogP contribution in [0.1, 0.15) is 5.56 Å². The normalized spacial score (nSPS) is 11.3. The molecule has 0 N–H and O–H groups in total. The Labute approximate surface area is 132 Å². The maximum atomic E-state index is 13.8. The van der Waals surface area contributed by atoms with Crippen molar-refractivity contribution in [1.29, 1.82) is 0 Å². The maximum absolute atomic E-state index is 13.8. The second-order valence-corrected chi connectivity index (χ2v) is 4.98. The lowest BCUT2D eigenvalue weighted by Crippen LogP contribution is -2.07. The van der Waals surface area contributed by atoms with Gasteiger partial charge in [-0.15, -0.1) is 5.10 Å². The van der Waals surface area contributed by atoms with E-state index in [1.54, 1.807) is 12.1 Å². The lowest BCUT2D eigenvalue weighted by Gasteiger charge is -2.05. The van der Waals surface area contributed by atoms with Gasteiger partial charge in [-0.1, -0.05) is 5.21 Å². The Morgan fingerprint density at radius 2 is 2.00 bits per heavy atom. The van der Waals surface area contributed by atoms with Crippen LogP contribution in [-0.4, -0.2) is 25.0 Å². The van der Waals surface area contributed by atoms with Gasteiger partial charge in [0.15, 0.2) is 28.6 Å². The standard InChI is InChI=1S/C15H8F3N5O/c16-9-4-8(12(18)10(17)5-9)6-23-15-14(21-22-23)13(19-7-20-15)11-2-1-3-24-11/h1-5,7H,6H2. The Kier molecular flexibility index (Phi) is 3.26. The van der Waals surface area contributed by atoms with Gasteiger partial charge in [-0.25, -0.2) is 27.8 Å². The predicted molar refractivity (Wildman–Crippen MR) is 76.2 cm³/mol. The zero-order valence-corrected chi connectivity index (χ0v) is 11.9. The minimum atomic E-state index is -1.26. The first-order valence-corrected chi connectivity index (χ1v) is 6.85. The van der Waals surface area contributed by atoms with Gasteiger partial charge in [-0.2, -0.15) is 0 Å². The van der Waals surface area contributed by atoms with Gasteiger partial charge in [-0.3, -0.25) is 0 Å². The SMILES string of the molecule is Fc1cc(F)c(F)c(Cn2nnc3c(-c4ccco4)ncnc32)c1. The molecule has 6 nitrogen and oxygen atoms in total. The molecule has 1 aromatic carbocycles. The summed E-state index contributed by atoms with van der Waals surface area (Å²) in [7, 11) is 0. The third kappa shape index (κ3) is 2.30. The number of hydrogen-bond donors (Lipinski definition) is 0. The van der Waals surface area contributed by atoms with Gasteiger partial charge in [0.05, 0.1) is 12.8 Å². The van der Waals surface area contributed by atoms with Crippen LogP contribution >= 0.6 is 0 Å². The number of nitrogens with zero attached hydrogens (tertiary/aromatic N) is 5. The Morgan fingerprint density at radius 3 is 2.79 bits per heavy atom. The van der Waals surface area contributed by atoms with Crippen molar-refractivity contribution < 1.29 is 17.6 Å². The second-order valence-electron chi connectivity index (χ2n) is 4.98. The van der Waals surface area contributed by atoms with Crippen LogP contribution in [0.4, 0.5) is 13.2 Å². The van der Waals surface area contributed by atoms with Gasteiger partial charge >= 0.3 is 0 Å². The number of furan rings is 1. The molecule has 4 aromatic rings. The number of benzene rings is 1. The molecular formula is C15H8F3N5O. The molecular weight excluding hydrogens is 323 g/mol. The molecule has 0 aliphatic heterocycles. The van der Waals surface area contributed by atoms with E-state index >= 15 is 0 Å². The molecule has 0 unspecified atom stereocenters. The Bertz CT molecular complexity index is 1030. The molecule has 3 aromatic heterocycles. The molecule has 0 aliphatic carbocycles. The van der Waals surface area contributed by atoms with Crippen LogP contribution in [0.15, 0.2) is 41.3 Å². The Balaban J connectivity index is 1.81. The number of halogens is 3. The molecule has 3 heterocycles. The molecule has 0 radical (unpaired) electrons. The summed E-state index contributed by atoms with van der Waals surface area (Å²) in [5.41, 5.74) is 0.852. The summed E-state index contributed by atoms with van der Waals surface area (Å²) in [5.74, 6) is -2.81. The zero-order chi connectivity index (χ0) is 16.7. The van der Waals surface area contributed by atoms with E-state index in [1.807, 2.05) is 0 Å². The fraction of sp³-hybridized carbons (Fsp3) is 0.0667. The van der Waals surface area contributed by atoms with Gasteiger partial charge in [0.1, 0.15) is 17.8 Å². The summed E-state index contributed by atoms with van der Waals surface area (Å²) in [5, 5.41) is 7.84. The molecule has 4 rings (SSSR count). The van der Waals surface area contributed by atoms with E-state index < -0.39 is 17.5 Å². The van der Waals surface area contributed by atoms with Crippen molar-refractivity contribution in [2.45, 2.75) is 6.54 Å². The molecule has 0 spiro atoms. The van der Waals surface area contributed by atoms with Crippen LogP contribution in [0, 0.1) is 17.5 Å². The first kappa shape index (κ1) is 14.4. The molecule has 24 heavy (non-hydrogen) atoms. The van der Waals surface area contributed by atoms with E-state index in [2.05, 4.69) is 20.3 Å². The number of fused-ring (bicyclic) bond motifs is 1. The van der Waals surface area contributed by atoms with E-state index in [0.717, 1.165) is 6.07 Å². The smallest absolute Gasteiger partial charge is 0.182 e. The minimum Gasteiger partial charge on any atom is -0.463 e. The van der Waals surface area contributed by atoms with Crippen LogP contribution < -0.4 is 0 Å². The molecule has 120 valence electrons. The molecule has 0 aliphatic rings. The number of rotatable bonds is 3. The van der Waals surface area contributed by atoms with Crippen molar-refractivity contribution in [3.63, 3.8) is 0 Å². The van der Waals surface area contributed by atoms with Crippen LogP contribution in [-0.2, 0) is 6.54 Å². The molecule has 0 amide bonds. The summed E-state index contributed by atoms with van der Waals surface area (Å²) in [6.07, 6.45) is 2.77. The predicted octanol–water partition coefficient (Wildman–Crippen LogP) is 2.95. The summed E-state index contributed by atoms with van der Waals surface area (Å²) in [4.78, 5) is 8.16. The average molecular weight is 331 g/mol. The number of aromatic nitrogens is 5. The highest BCUT2D eigenvalue weighted by Gasteiger charge is 2.17. The summed E-state index contributed by atoms with van der Waals surface area (Å²) < 4.78 is 47.0. The molecule has 9 heteroatoms. The maximum Gasteiger partial charge on any atom is 0.182 e. The topological polar surface area (TPSA) is 69.6 Å². The largest absolute Gasteiger partial charge is 0.463 e. The first-order valence-electron chi connectivity index (χ1n) is 6.85. The summed E-state index contributed by atoms with van der Waals surface area (Å²) >= 11 is 0. The average Bonchev–Trinajstić information content (AvgIpc) is 3.22. The highest BCUT2D eigenvalue weighted by Crippen LogP contribution is 2.24. The third-order valence-corrected chi connectivity index (χ3v) is 3.44. The molecule has 0 fully saturated rings. The Morgan fingerprint density at radius 1 is 1.12 bits per heavy atom. The minimum absolute atomic E-state index is 0.197. The van der Waals surface area contributed by atoms with Gasteiger partial charge in [0, 0.05) is 11.6 Å². The highest BCUT2D eigenvalue weighted by molar-refractivity contribution is 5.84. The lowest BCUT2D eigenvalue weighted by atomic mass is 10.2. The molecule has 0 bridgehead atoms. The lowest BCUT2D eigenvalue weighted by molar-refractivity contribution is 0.478. The summed E-state index contributed by atoms with van der Waals surface area (Å²) in [6, 6.07) is 4.77. The van der Waals surface area contributed by atoms with Gasteiger partial charge in [0.25, 0.3) is 0 Å². The quantitative estimate of drug-likeness (QED) is 0.540. The monoisotopic (exact) mass is 331 g/mol. The number of hydrogen-bond acceptors (Lipinski definition) is 5. The summed E-state index contributed by atoms with van der Waals surface area (Å²) in [6.45, 7) is -0.231. The zero-order valence-electron chi connectivity index (χ0n) is 11.9. The van der Waals surface area contributed by atoms with E-state index in [-0.39, 0.29) is 12.1 Å². The van der Waals surface area contributed by atoms with Gasteiger partial charge in [-0.05, 0) is 18.2 Å². The van der Waals surface area contributed by atoms with Crippen LogP contribution in [0.25, 0.3) is 22.6 Å². The first-order chi connectivity index (χ1) is 11.6. The molecule has 0 saturated heterocycles. The van der Waals surface area contributed by atoms with Crippen molar-refractivity contribution in [3.05, 3.63) is 59.9 Å². The van der Waals surface area contributed by atoms with Crippen molar-refractivity contribution in [1.82, 2.24) is 25.0 Å². The fourth-order valence-corrected chi connectivity index (χ4v) is 2.38. The van der Waals surface area contributed by atoms with E-state index in [9.17, 15) is 13.2 Å². The van der Waals surface area contributed by atoms with Gasteiger partial charge < -0.3 is 4.42 Å². The van der Waals surface area contributed by atoms with Crippen LogP contribution in [0.2, 0.25) is 0 Å².